The molecule has 7 heteroatoms. The van der Waals surface area contributed by atoms with Crippen LogP contribution in [0.15, 0.2) is 59.7 Å². The fourth-order valence-corrected chi connectivity index (χ4v) is 2.65. The number of fused-ring (bicyclic) bond motifs is 1. The Kier molecular flexibility index (Phi) is 7.78. The van der Waals surface area contributed by atoms with Gasteiger partial charge in [0.25, 0.3) is 0 Å². The first-order valence-electron chi connectivity index (χ1n) is 8.49. The highest BCUT2D eigenvalue weighted by Gasteiger charge is 2.04. The van der Waals surface area contributed by atoms with Crippen LogP contribution < -0.4 is 10.6 Å². The third-order valence-corrected chi connectivity index (χ3v) is 3.96. The molecule has 3 aromatic rings. The third-order valence-electron chi connectivity index (χ3n) is 3.96. The van der Waals surface area contributed by atoms with Gasteiger partial charge in [-0.3, -0.25) is 4.98 Å². The predicted molar refractivity (Wildman–Crippen MR) is 117 cm³/mol. The Morgan fingerprint density at radius 1 is 1.15 bits per heavy atom. The molecule has 0 aliphatic heterocycles. The normalized spacial score (nSPS) is 11.1. The number of nitrogens with zero attached hydrogens (tertiary/aromatic N) is 2. The number of aromatic nitrogens is 1. The predicted octanol–water partition coefficient (Wildman–Crippen LogP) is 3.95. The van der Waals surface area contributed by atoms with E-state index in [2.05, 4.69) is 20.6 Å². The van der Waals surface area contributed by atoms with Crippen molar-refractivity contribution in [2.75, 3.05) is 6.54 Å². The molecule has 27 heavy (non-hydrogen) atoms. The van der Waals surface area contributed by atoms with Crippen molar-refractivity contribution in [2.45, 2.75) is 20.0 Å². The first-order chi connectivity index (χ1) is 12.7. The molecular weight excluding hydrogens is 458 g/mol. The van der Waals surface area contributed by atoms with Gasteiger partial charge in [0.15, 0.2) is 17.5 Å². The van der Waals surface area contributed by atoms with Gasteiger partial charge in [-0.2, -0.15) is 0 Å². The molecule has 0 bridgehead atoms. The largest absolute Gasteiger partial charge is 0.505 e. The van der Waals surface area contributed by atoms with E-state index in [0.717, 1.165) is 16.5 Å². The van der Waals surface area contributed by atoms with Gasteiger partial charge in [0.1, 0.15) is 0 Å². The van der Waals surface area contributed by atoms with E-state index < -0.39 is 5.82 Å². The number of aliphatic imine (C=N–C) groups is 1. The molecule has 0 saturated heterocycles. The maximum atomic E-state index is 13.4. The fraction of sp³-hybridized carbons (Fsp3) is 0.200. The Hall–Kier alpha value is -2.42. The molecule has 3 rings (SSSR count). The summed E-state index contributed by atoms with van der Waals surface area (Å²) in [6.45, 7) is 3.61. The Labute approximate surface area is 174 Å². The Bertz CT molecular complexity index is 928. The first kappa shape index (κ1) is 20.9. The van der Waals surface area contributed by atoms with Gasteiger partial charge in [-0.25, -0.2) is 9.38 Å². The number of pyridine rings is 1. The summed E-state index contributed by atoms with van der Waals surface area (Å²) in [5, 5.41) is 16.8. The van der Waals surface area contributed by atoms with Crippen LogP contribution in [-0.4, -0.2) is 22.6 Å². The van der Waals surface area contributed by atoms with Crippen LogP contribution in [0.2, 0.25) is 0 Å². The fourth-order valence-electron chi connectivity index (χ4n) is 2.65. The van der Waals surface area contributed by atoms with Crippen molar-refractivity contribution in [3.8, 4) is 5.75 Å². The van der Waals surface area contributed by atoms with E-state index in [4.69, 9.17) is 0 Å². The van der Waals surface area contributed by atoms with Gasteiger partial charge < -0.3 is 15.7 Å². The molecule has 0 amide bonds. The van der Waals surface area contributed by atoms with Gasteiger partial charge in [0.05, 0.1) is 12.1 Å². The standard InChI is InChI=1S/C20H21FN4O.HI/c1-2-22-20(24-12-14-7-8-19(26)17(21)11-14)25-13-15-9-10-23-18-6-4-3-5-16(15)18;/h3-11,26H,2,12-13H2,1H3,(H2,22,24,25);1H. The first-order valence-corrected chi connectivity index (χ1v) is 8.49. The molecule has 1 heterocycles. The summed E-state index contributed by atoms with van der Waals surface area (Å²) in [6, 6.07) is 14.2. The van der Waals surface area contributed by atoms with Gasteiger partial charge in [0, 0.05) is 24.7 Å². The molecule has 142 valence electrons. The zero-order valence-corrected chi connectivity index (χ0v) is 17.3. The quantitative estimate of drug-likeness (QED) is 0.294. The van der Waals surface area contributed by atoms with Gasteiger partial charge >= 0.3 is 0 Å². The second-order valence-corrected chi connectivity index (χ2v) is 5.82. The Morgan fingerprint density at radius 3 is 2.74 bits per heavy atom. The SMILES string of the molecule is CCNC(=NCc1ccc(O)c(F)c1)NCc1ccnc2ccccc12.I. The molecule has 0 radical (unpaired) electrons. The van der Waals surface area contributed by atoms with E-state index in [-0.39, 0.29) is 29.7 Å². The van der Waals surface area contributed by atoms with Crippen molar-refractivity contribution < 1.29 is 9.50 Å². The molecule has 0 unspecified atom stereocenters. The molecule has 0 saturated carbocycles. The number of hydrogen-bond donors (Lipinski definition) is 3. The van der Waals surface area contributed by atoms with Gasteiger partial charge in [-0.15, -0.1) is 24.0 Å². The number of rotatable bonds is 5. The monoisotopic (exact) mass is 480 g/mol. The lowest BCUT2D eigenvalue weighted by Crippen LogP contribution is -2.36. The highest BCUT2D eigenvalue weighted by molar-refractivity contribution is 14.0. The summed E-state index contributed by atoms with van der Waals surface area (Å²) < 4.78 is 13.4. The minimum Gasteiger partial charge on any atom is -0.505 e. The summed E-state index contributed by atoms with van der Waals surface area (Å²) in [7, 11) is 0. The van der Waals surface area contributed by atoms with E-state index in [9.17, 15) is 9.50 Å². The maximum absolute atomic E-state index is 13.4. The number of para-hydroxylation sites is 1. The second-order valence-electron chi connectivity index (χ2n) is 5.82. The Morgan fingerprint density at radius 2 is 1.96 bits per heavy atom. The van der Waals surface area contributed by atoms with Crippen LogP contribution >= 0.6 is 24.0 Å². The molecule has 0 fully saturated rings. The zero-order valence-electron chi connectivity index (χ0n) is 14.9. The number of benzene rings is 2. The van der Waals surface area contributed by atoms with Crippen LogP contribution in [0.4, 0.5) is 4.39 Å². The van der Waals surface area contributed by atoms with Crippen LogP contribution in [0, 0.1) is 5.82 Å². The molecule has 2 aromatic carbocycles. The van der Waals surface area contributed by atoms with Crippen molar-refractivity contribution in [3.63, 3.8) is 0 Å². The molecule has 0 aliphatic carbocycles. The minimum atomic E-state index is -0.640. The minimum absolute atomic E-state index is 0. The van der Waals surface area contributed by atoms with Crippen LogP contribution in [0.5, 0.6) is 5.75 Å². The van der Waals surface area contributed by atoms with Crippen LogP contribution in [0.25, 0.3) is 10.9 Å². The number of phenolic OH excluding ortho intramolecular Hbond substituents is 1. The van der Waals surface area contributed by atoms with Crippen LogP contribution in [-0.2, 0) is 13.1 Å². The number of phenols is 1. The summed E-state index contributed by atoms with van der Waals surface area (Å²) in [6.07, 6.45) is 1.79. The Balaban J connectivity index is 0.00000261. The van der Waals surface area contributed by atoms with E-state index in [0.29, 0.717) is 31.2 Å². The molecule has 3 N–H and O–H groups in total. The van der Waals surface area contributed by atoms with E-state index in [1.807, 2.05) is 37.3 Å². The van der Waals surface area contributed by atoms with Crippen molar-refractivity contribution in [2.24, 2.45) is 4.99 Å². The molecular formula is C20H22FIN4O. The van der Waals surface area contributed by atoms with Crippen LogP contribution in [0.1, 0.15) is 18.1 Å². The average Bonchev–Trinajstić information content (AvgIpc) is 2.66. The number of guanidine groups is 1. The number of halogens is 2. The van der Waals surface area contributed by atoms with Gasteiger partial charge in [-0.05, 0) is 42.3 Å². The molecule has 0 aliphatic rings. The summed E-state index contributed by atoms with van der Waals surface area (Å²) >= 11 is 0. The molecule has 1 aromatic heterocycles. The summed E-state index contributed by atoms with van der Waals surface area (Å²) in [5.74, 6) is -0.354. The lowest BCUT2D eigenvalue weighted by atomic mass is 10.1. The third kappa shape index (κ3) is 5.53. The zero-order chi connectivity index (χ0) is 18.4. The topological polar surface area (TPSA) is 69.5 Å². The van der Waals surface area contributed by atoms with Crippen molar-refractivity contribution in [1.29, 1.82) is 0 Å². The molecule has 5 nitrogen and oxygen atoms in total. The van der Waals surface area contributed by atoms with Crippen LogP contribution in [0.3, 0.4) is 0 Å². The van der Waals surface area contributed by atoms with Gasteiger partial charge in [-0.1, -0.05) is 24.3 Å². The van der Waals surface area contributed by atoms with Crippen molar-refractivity contribution >= 4 is 40.8 Å². The lowest BCUT2D eigenvalue weighted by Gasteiger charge is -2.12. The smallest absolute Gasteiger partial charge is 0.191 e. The van der Waals surface area contributed by atoms with Gasteiger partial charge in [0.2, 0.25) is 0 Å². The summed E-state index contributed by atoms with van der Waals surface area (Å²) in [5.41, 5.74) is 2.76. The van der Waals surface area contributed by atoms with E-state index in [1.165, 1.54) is 12.1 Å². The number of hydrogen-bond acceptors (Lipinski definition) is 3. The maximum Gasteiger partial charge on any atom is 0.191 e. The highest BCUT2D eigenvalue weighted by atomic mass is 127. The summed E-state index contributed by atoms with van der Waals surface area (Å²) in [4.78, 5) is 8.85. The highest BCUT2D eigenvalue weighted by Crippen LogP contribution is 2.17. The molecule has 0 spiro atoms. The number of aromatic hydroxyl groups is 1. The number of nitrogens with one attached hydrogen (secondary N) is 2. The van der Waals surface area contributed by atoms with Crippen molar-refractivity contribution in [3.05, 3.63) is 71.7 Å². The van der Waals surface area contributed by atoms with E-state index in [1.54, 1.807) is 12.3 Å². The molecule has 0 atom stereocenters. The second kappa shape index (κ2) is 10.1. The average molecular weight is 480 g/mol. The van der Waals surface area contributed by atoms with Crippen molar-refractivity contribution in [1.82, 2.24) is 15.6 Å². The van der Waals surface area contributed by atoms with E-state index >= 15 is 0 Å². The lowest BCUT2D eigenvalue weighted by molar-refractivity contribution is 0.432.